The molecule has 0 bridgehead atoms. The molecular weight excluding hydrogens is 188 g/mol. The van der Waals surface area contributed by atoms with Crippen molar-refractivity contribution in [1.29, 1.82) is 0 Å². The summed E-state index contributed by atoms with van der Waals surface area (Å²) < 4.78 is 0. The molecule has 1 aromatic heterocycles. The maximum atomic E-state index is 11.8. The number of rotatable bonds is 2. The number of carbonyl (C=O) groups excluding carboxylic acids is 1. The predicted octanol–water partition coefficient (Wildman–Crippen LogP) is 2.07. The average Bonchev–Trinajstić information content (AvgIpc) is 3.03. The highest BCUT2D eigenvalue weighted by atomic mass is 16.2. The van der Waals surface area contributed by atoms with Crippen LogP contribution in [0.5, 0.6) is 0 Å². The van der Waals surface area contributed by atoms with E-state index in [2.05, 4.69) is 4.98 Å². The zero-order valence-electron chi connectivity index (χ0n) is 9.45. The van der Waals surface area contributed by atoms with Crippen LogP contribution in [-0.2, 0) is 4.79 Å². The third-order valence-electron chi connectivity index (χ3n) is 2.96. The van der Waals surface area contributed by atoms with E-state index in [1.54, 1.807) is 11.9 Å². The monoisotopic (exact) mass is 204 g/mol. The van der Waals surface area contributed by atoms with Crippen LogP contribution >= 0.6 is 0 Å². The van der Waals surface area contributed by atoms with Gasteiger partial charge in [-0.05, 0) is 43.9 Å². The fraction of sp³-hybridized carbons (Fsp3) is 0.500. The fourth-order valence-electron chi connectivity index (χ4n) is 1.51. The molecule has 0 spiro atoms. The molecule has 3 nitrogen and oxygen atoms in total. The van der Waals surface area contributed by atoms with Crippen LogP contribution in [0, 0.1) is 19.8 Å². The quantitative estimate of drug-likeness (QED) is 0.739. The van der Waals surface area contributed by atoms with Crippen molar-refractivity contribution in [3.05, 3.63) is 23.4 Å². The normalized spacial score (nSPS) is 15.1. The van der Waals surface area contributed by atoms with Gasteiger partial charge in [0.25, 0.3) is 0 Å². The number of nitrogens with zero attached hydrogens (tertiary/aromatic N) is 2. The van der Waals surface area contributed by atoms with Gasteiger partial charge in [0.15, 0.2) is 0 Å². The van der Waals surface area contributed by atoms with E-state index in [0.29, 0.717) is 0 Å². The van der Waals surface area contributed by atoms with E-state index in [0.717, 1.165) is 24.2 Å². The number of aryl methyl sites for hydroxylation is 2. The molecule has 1 amide bonds. The molecular formula is C12H16N2O. The zero-order valence-corrected chi connectivity index (χ0v) is 9.45. The Morgan fingerprint density at radius 1 is 1.40 bits per heavy atom. The van der Waals surface area contributed by atoms with Gasteiger partial charge in [0.1, 0.15) is 5.82 Å². The van der Waals surface area contributed by atoms with Gasteiger partial charge in [-0.2, -0.15) is 0 Å². The van der Waals surface area contributed by atoms with Crippen molar-refractivity contribution >= 4 is 11.7 Å². The molecule has 1 aliphatic rings. The van der Waals surface area contributed by atoms with Crippen LogP contribution in [0.1, 0.15) is 24.0 Å². The highest BCUT2D eigenvalue weighted by molar-refractivity contribution is 5.95. The number of carbonyl (C=O) groups is 1. The van der Waals surface area contributed by atoms with Crippen LogP contribution < -0.4 is 4.90 Å². The first-order valence-electron chi connectivity index (χ1n) is 5.30. The highest BCUT2D eigenvalue weighted by Gasteiger charge is 2.32. The summed E-state index contributed by atoms with van der Waals surface area (Å²) >= 11 is 0. The molecule has 1 aliphatic carbocycles. The van der Waals surface area contributed by atoms with Gasteiger partial charge >= 0.3 is 0 Å². The van der Waals surface area contributed by atoms with Crippen LogP contribution in [0.3, 0.4) is 0 Å². The van der Waals surface area contributed by atoms with Gasteiger partial charge in [-0.3, -0.25) is 9.69 Å². The Labute approximate surface area is 90.1 Å². The first-order chi connectivity index (χ1) is 7.09. The van der Waals surface area contributed by atoms with Gasteiger partial charge < -0.3 is 0 Å². The van der Waals surface area contributed by atoms with E-state index in [9.17, 15) is 4.79 Å². The average molecular weight is 204 g/mol. The molecule has 80 valence electrons. The predicted molar refractivity (Wildman–Crippen MR) is 59.8 cm³/mol. The van der Waals surface area contributed by atoms with Crippen molar-refractivity contribution < 1.29 is 4.79 Å². The summed E-state index contributed by atoms with van der Waals surface area (Å²) in [6, 6.07) is 1.97. The van der Waals surface area contributed by atoms with Crippen LogP contribution in [0.25, 0.3) is 0 Å². The highest BCUT2D eigenvalue weighted by Crippen LogP contribution is 2.31. The third-order valence-corrected chi connectivity index (χ3v) is 2.96. The van der Waals surface area contributed by atoms with Crippen molar-refractivity contribution in [3.63, 3.8) is 0 Å². The number of hydrogen-bond acceptors (Lipinski definition) is 2. The zero-order chi connectivity index (χ0) is 11.0. The Kier molecular flexibility index (Phi) is 2.47. The largest absolute Gasteiger partial charge is 0.300 e. The van der Waals surface area contributed by atoms with E-state index in [-0.39, 0.29) is 11.8 Å². The molecule has 15 heavy (non-hydrogen) atoms. The molecule has 0 aromatic carbocycles. The van der Waals surface area contributed by atoms with Gasteiger partial charge in [0.2, 0.25) is 5.91 Å². The molecule has 0 unspecified atom stereocenters. The molecule has 0 aliphatic heterocycles. The molecule has 1 saturated carbocycles. The van der Waals surface area contributed by atoms with Crippen molar-refractivity contribution in [2.45, 2.75) is 26.7 Å². The Morgan fingerprint density at radius 3 is 2.60 bits per heavy atom. The molecule has 0 radical (unpaired) electrons. The summed E-state index contributed by atoms with van der Waals surface area (Å²) in [7, 11) is 1.80. The van der Waals surface area contributed by atoms with E-state index < -0.39 is 0 Å². The Bertz CT molecular complexity index is 397. The minimum atomic E-state index is 0.200. The summed E-state index contributed by atoms with van der Waals surface area (Å²) in [5.41, 5.74) is 2.33. The van der Waals surface area contributed by atoms with E-state index >= 15 is 0 Å². The van der Waals surface area contributed by atoms with Crippen LogP contribution in [-0.4, -0.2) is 17.9 Å². The third kappa shape index (κ3) is 2.01. The molecule has 3 heteroatoms. The number of amides is 1. The van der Waals surface area contributed by atoms with Crippen LogP contribution in [0.4, 0.5) is 5.82 Å². The number of pyridine rings is 1. The van der Waals surface area contributed by atoms with E-state index in [1.165, 1.54) is 5.56 Å². The summed E-state index contributed by atoms with van der Waals surface area (Å²) in [4.78, 5) is 17.7. The summed E-state index contributed by atoms with van der Waals surface area (Å²) in [5.74, 6) is 1.21. The number of anilines is 1. The lowest BCUT2D eigenvalue weighted by Crippen LogP contribution is -2.28. The van der Waals surface area contributed by atoms with Gasteiger partial charge in [0.05, 0.1) is 0 Å². The molecule has 2 rings (SSSR count). The van der Waals surface area contributed by atoms with Gasteiger partial charge in [-0.1, -0.05) is 0 Å². The second-order valence-electron chi connectivity index (χ2n) is 4.30. The smallest absolute Gasteiger partial charge is 0.230 e. The standard InChI is InChI=1S/C12H16N2O/c1-8-6-11(13-7-9(8)2)14(3)12(15)10-4-5-10/h6-7,10H,4-5H2,1-3H3. The molecule has 1 fully saturated rings. The topological polar surface area (TPSA) is 33.2 Å². The first kappa shape index (κ1) is 10.1. The minimum Gasteiger partial charge on any atom is -0.300 e. The lowest BCUT2D eigenvalue weighted by Gasteiger charge is -2.16. The second-order valence-corrected chi connectivity index (χ2v) is 4.30. The van der Waals surface area contributed by atoms with Crippen molar-refractivity contribution in [1.82, 2.24) is 4.98 Å². The van der Waals surface area contributed by atoms with Crippen molar-refractivity contribution in [2.75, 3.05) is 11.9 Å². The summed E-state index contributed by atoms with van der Waals surface area (Å²) in [6.45, 7) is 4.06. The molecule has 0 atom stereocenters. The number of hydrogen-bond donors (Lipinski definition) is 0. The van der Waals surface area contributed by atoms with Crippen molar-refractivity contribution in [3.8, 4) is 0 Å². The SMILES string of the molecule is Cc1cnc(N(C)C(=O)C2CC2)cc1C. The Hall–Kier alpha value is -1.38. The number of aromatic nitrogens is 1. The van der Waals surface area contributed by atoms with Crippen LogP contribution in [0.15, 0.2) is 12.3 Å². The summed E-state index contributed by atoms with van der Waals surface area (Å²) in [6.07, 6.45) is 3.89. The Balaban J connectivity index is 2.20. The van der Waals surface area contributed by atoms with E-state index in [4.69, 9.17) is 0 Å². The minimum absolute atomic E-state index is 0.200. The van der Waals surface area contributed by atoms with Gasteiger partial charge in [0, 0.05) is 19.2 Å². The first-order valence-corrected chi connectivity index (χ1v) is 5.30. The van der Waals surface area contributed by atoms with Crippen molar-refractivity contribution in [2.24, 2.45) is 5.92 Å². The Morgan fingerprint density at radius 2 is 2.07 bits per heavy atom. The molecule has 1 heterocycles. The maximum absolute atomic E-state index is 11.8. The molecule has 0 N–H and O–H groups in total. The molecule has 1 aromatic rings. The van der Waals surface area contributed by atoms with Gasteiger partial charge in [-0.15, -0.1) is 0 Å². The second kappa shape index (κ2) is 3.65. The fourth-order valence-corrected chi connectivity index (χ4v) is 1.51. The lowest BCUT2D eigenvalue weighted by atomic mass is 10.2. The molecule has 0 saturated heterocycles. The van der Waals surface area contributed by atoms with Gasteiger partial charge in [-0.25, -0.2) is 4.98 Å². The maximum Gasteiger partial charge on any atom is 0.230 e. The van der Waals surface area contributed by atoms with E-state index in [1.807, 2.05) is 26.1 Å². The summed E-state index contributed by atoms with van der Waals surface area (Å²) in [5, 5.41) is 0. The lowest BCUT2D eigenvalue weighted by molar-refractivity contribution is -0.119. The van der Waals surface area contributed by atoms with Crippen LogP contribution in [0.2, 0.25) is 0 Å².